The molecule has 1 nitrogen and oxygen atoms in total. The molecule has 0 aliphatic heterocycles. The highest BCUT2D eigenvalue weighted by Crippen LogP contribution is 2.31. The minimum Gasteiger partial charge on any atom is -0.322 e. The minimum absolute atomic E-state index is 0.645. The van der Waals surface area contributed by atoms with Crippen molar-refractivity contribution in [1.82, 2.24) is 0 Å². The zero-order valence-corrected chi connectivity index (χ0v) is 26.8. The number of hydrogen-bond donors (Lipinski definition) is 0. The molecule has 1 aromatic rings. The van der Waals surface area contributed by atoms with Crippen molar-refractivity contribution in [3.8, 4) is 0 Å². The summed E-state index contributed by atoms with van der Waals surface area (Å²) in [7, 11) is 4.99. The number of rotatable bonds is 28. The van der Waals surface area contributed by atoms with Crippen LogP contribution in [-0.4, -0.2) is 25.1 Å². The highest BCUT2D eigenvalue weighted by atomic mass is 15.3. The molecule has 1 heteroatoms. The van der Waals surface area contributed by atoms with Crippen LogP contribution in [0.5, 0.6) is 0 Å². The third-order valence-electron chi connectivity index (χ3n) is 8.95. The standard InChI is InChI=1S/C37H70N/c1-5-7-9-11-13-15-17-18-19-20-21-23-25-30-34-37(36-32-28-27-29-33-36)38(3,4)35-31-26-24-22-16-14-12-10-8-6-2/h27-29,32-33,37H,5-26,30-31,34-35H2,1-4H3/q+1. The van der Waals surface area contributed by atoms with Crippen LogP contribution in [0, 0.1) is 0 Å². The quantitative estimate of drug-likeness (QED) is 0.0749. The number of unbranched alkanes of at least 4 members (excludes halogenated alkanes) is 22. The second kappa shape index (κ2) is 25.2. The maximum atomic E-state index is 2.50. The Hall–Kier alpha value is -0.820. The van der Waals surface area contributed by atoms with Gasteiger partial charge in [-0.25, -0.2) is 0 Å². The fourth-order valence-corrected chi connectivity index (χ4v) is 6.29. The highest BCUT2D eigenvalue weighted by Gasteiger charge is 2.28. The van der Waals surface area contributed by atoms with Crippen LogP contribution >= 0.6 is 0 Å². The molecule has 1 rings (SSSR count). The van der Waals surface area contributed by atoms with E-state index in [1.807, 2.05) is 0 Å². The van der Waals surface area contributed by atoms with Crippen LogP contribution < -0.4 is 0 Å². The van der Waals surface area contributed by atoms with Gasteiger partial charge in [-0.1, -0.05) is 179 Å². The first-order valence-electron chi connectivity index (χ1n) is 17.5. The van der Waals surface area contributed by atoms with Crippen molar-refractivity contribution >= 4 is 0 Å². The summed E-state index contributed by atoms with van der Waals surface area (Å²) in [4.78, 5) is 0. The predicted octanol–water partition coefficient (Wildman–Crippen LogP) is 12.6. The lowest BCUT2D eigenvalue weighted by molar-refractivity contribution is -0.921. The first kappa shape index (κ1) is 35.2. The summed E-state index contributed by atoms with van der Waals surface area (Å²) in [6.07, 6.45) is 35.8. The van der Waals surface area contributed by atoms with Crippen molar-refractivity contribution in [2.75, 3.05) is 20.6 Å². The van der Waals surface area contributed by atoms with E-state index >= 15 is 0 Å². The molecule has 0 bridgehead atoms. The Kier molecular flexibility index (Phi) is 23.3. The molecule has 1 aromatic carbocycles. The van der Waals surface area contributed by atoms with E-state index < -0.39 is 0 Å². The molecule has 0 N–H and O–H groups in total. The predicted molar refractivity (Wildman–Crippen MR) is 173 cm³/mol. The van der Waals surface area contributed by atoms with Crippen molar-refractivity contribution in [1.29, 1.82) is 0 Å². The Balaban J connectivity index is 2.19. The van der Waals surface area contributed by atoms with Gasteiger partial charge in [0.05, 0.1) is 20.6 Å². The first-order chi connectivity index (χ1) is 18.6. The van der Waals surface area contributed by atoms with E-state index in [0.717, 1.165) is 4.48 Å². The summed E-state index contributed by atoms with van der Waals surface area (Å²) < 4.78 is 1.15. The largest absolute Gasteiger partial charge is 0.322 e. The Labute approximate surface area is 241 Å². The van der Waals surface area contributed by atoms with E-state index in [1.54, 1.807) is 5.56 Å². The van der Waals surface area contributed by atoms with Crippen LogP contribution in [0.2, 0.25) is 0 Å². The third kappa shape index (κ3) is 19.3. The number of hydrogen-bond acceptors (Lipinski definition) is 0. The first-order valence-corrected chi connectivity index (χ1v) is 17.5. The van der Waals surface area contributed by atoms with Crippen LogP contribution in [0.1, 0.15) is 186 Å². The lowest BCUT2D eigenvalue weighted by Gasteiger charge is -2.39. The summed E-state index contributed by atoms with van der Waals surface area (Å²) in [5.41, 5.74) is 1.55. The van der Waals surface area contributed by atoms with Crippen LogP contribution in [0.15, 0.2) is 30.3 Å². The molecule has 0 amide bonds. The van der Waals surface area contributed by atoms with Crippen molar-refractivity contribution in [3.05, 3.63) is 35.9 Å². The van der Waals surface area contributed by atoms with Gasteiger partial charge in [0.25, 0.3) is 0 Å². The van der Waals surface area contributed by atoms with Gasteiger partial charge in [0, 0.05) is 12.0 Å². The molecule has 0 aliphatic carbocycles. The smallest absolute Gasteiger partial charge is 0.114 e. The number of quaternary nitrogens is 1. The Bertz CT molecular complexity index is 592. The summed E-state index contributed by atoms with van der Waals surface area (Å²) >= 11 is 0. The molecule has 1 unspecified atom stereocenters. The van der Waals surface area contributed by atoms with Gasteiger partial charge in [-0.3, -0.25) is 0 Å². The van der Waals surface area contributed by atoms with Gasteiger partial charge in [0.2, 0.25) is 0 Å². The third-order valence-corrected chi connectivity index (χ3v) is 8.95. The molecule has 0 radical (unpaired) electrons. The lowest BCUT2D eigenvalue weighted by atomic mass is 9.96. The van der Waals surface area contributed by atoms with Gasteiger partial charge in [0.15, 0.2) is 0 Å². The van der Waals surface area contributed by atoms with Crippen LogP contribution in [-0.2, 0) is 0 Å². The van der Waals surface area contributed by atoms with Crippen molar-refractivity contribution in [3.63, 3.8) is 0 Å². The van der Waals surface area contributed by atoms with E-state index in [9.17, 15) is 0 Å². The average molecular weight is 529 g/mol. The molecule has 0 aromatic heterocycles. The van der Waals surface area contributed by atoms with Crippen molar-refractivity contribution in [2.45, 2.75) is 180 Å². The molecule has 0 saturated carbocycles. The zero-order valence-electron chi connectivity index (χ0n) is 26.8. The summed E-state index contributed by atoms with van der Waals surface area (Å²) in [5.74, 6) is 0. The molecule has 0 heterocycles. The molecule has 38 heavy (non-hydrogen) atoms. The van der Waals surface area contributed by atoms with Gasteiger partial charge in [-0.15, -0.1) is 0 Å². The second-order valence-electron chi connectivity index (χ2n) is 13.0. The van der Waals surface area contributed by atoms with E-state index in [2.05, 4.69) is 58.3 Å². The number of benzene rings is 1. The monoisotopic (exact) mass is 529 g/mol. The fourth-order valence-electron chi connectivity index (χ4n) is 6.29. The summed E-state index contributed by atoms with van der Waals surface area (Å²) in [6, 6.07) is 12.1. The van der Waals surface area contributed by atoms with E-state index in [4.69, 9.17) is 0 Å². The highest BCUT2D eigenvalue weighted by molar-refractivity contribution is 5.17. The van der Waals surface area contributed by atoms with Crippen LogP contribution in [0.3, 0.4) is 0 Å². The molecule has 0 spiro atoms. The molecule has 0 saturated heterocycles. The van der Waals surface area contributed by atoms with Crippen molar-refractivity contribution in [2.24, 2.45) is 0 Å². The molecular formula is C37H70N+. The second-order valence-corrected chi connectivity index (χ2v) is 13.0. The average Bonchev–Trinajstić information content (AvgIpc) is 2.92. The zero-order chi connectivity index (χ0) is 27.6. The van der Waals surface area contributed by atoms with Gasteiger partial charge in [-0.05, 0) is 19.3 Å². The van der Waals surface area contributed by atoms with Gasteiger partial charge in [-0.2, -0.15) is 0 Å². The normalized spacial score (nSPS) is 12.7. The Morgan fingerprint density at radius 2 is 0.789 bits per heavy atom. The molecule has 1 atom stereocenters. The molecular weight excluding hydrogens is 458 g/mol. The maximum Gasteiger partial charge on any atom is 0.114 e. The lowest BCUT2D eigenvalue weighted by Crippen LogP contribution is -2.44. The van der Waals surface area contributed by atoms with Gasteiger partial charge >= 0.3 is 0 Å². The number of nitrogens with zero attached hydrogens (tertiary/aromatic N) is 1. The van der Waals surface area contributed by atoms with E-state index in [-0.39, 0.29) is 0 Å². The van der Waals surface area contributed by atoms with Crippen LogP contribution in [0.25, 0.3) is 0 Å². The van der Waals surface area contributed by atoms with Crippen molar-refractivity contribution < 1.29 is 4.48 Å². The van der Waals surface area contributed by atoms with Gasteiger partial charge in [0.1, 0.15) is 6.04 Å². The summed E-state index contributed by atoms with van der Waals surface area (Å²) in [6.45, 7) is 5.93. The fraction of sp³-hybridized carbons (Fsp3) is 0.838. The van der Waals surface area contributed by atoms with Crippen LogP contribution in [0.4, 0.5) is 0 Å². The Morgan fingerprint density at radius 3 is 1.18 bits per heavy atom. The molecule has 0 aliphatic rings. The van der Waals surface area contributed by atoms with Gasteiger partial charge < -0.3 is 4.48 Å². The summed E-state index contributed by atoms with van der Waals surface area (Å²) in [5, 5.41) is 0. The van der Waals surface area contributed by atoms with E-state index in [0.29, 0.717) is 6.04 Å². The SMILES string of the molecule is CCCCCCCCCCCCCCCCC(c1ccccc1)[N+](C)(C)CCCCCCCCCCCC. The Morgan fingerprint density at radius 1 is 0.447 bits per heavy atom. The van der Waals surface area contributed by atoms with E-state index in [1.165, 1.54) is 167 Å². The topological polar surface area (TPSA) is 0 Å². The maximum absolute atomic E-state index is 2.50. The minimum atomic E-state index is 0.645. The molecule has 0 fully saturated rings. The molecule has 222 valence electrons.